The molecule has 0 aliphatic rings. The van der Waals surface area contributed by atoms with E-state index in [0.29, 0.717) is 0 Å². The highest BCUT2D eigenvalue weighted by molar-refractivity contribution is 7.00. The van der Waals surface area contributed by atoms with E-state index in [1.54, 1.807) is 0 Å². The fourth-order valence-electron chi connectivity index (χ4n) is 3.64. The average molecular weight is 385 g/mol. The van der Waals surface area contributed by atoms with Gasteiger partial charge in [-0.2, -0.15) is 8.75 Å². The van der Waals surface area contributed by atoms with Gasteiger partial charge in [0, 0.05) is 35.5 Å². The van der Waals surface area contributed by atoms with E-state index in [1.807, 2.05) is 20.8 Å². The van der Waals surface area contributed by atoms with E-state index in [4.69, 9.17) is 15.7 Å². The third-order valence-corrected chi connectivity index (χ3v) is 5.55. The Balaban J connectivity index is 2.31. The van der Waals surface area contributed by atoms with Crippen LogP contribution in [-0.4, -0.2) is 31.8 Å². The maximum atomic E-state index is 6.41. The normalized spacial score (nSPS) is 11.3. The molecule has 0 radical (unpaired) electrons. The van der Waals surface area contributed by atoms with Crippen LogP contribution in [0.5, 0.6) is 0 Å². The molecule has 1 aromatic carbocycles. The maximum Gasteiger partial charge on any atom is 0.135 e. The molecule has 0 bridgehead atoms. The highest BCUT2D eigenvalue weighted by atomic mass is 32.1. The summed E-state index contributed by atoms with van der Waals surface area (Å²) >= 11 is 1.22. The topological polar surface area (TPSA) is 80.8 Å². The number of benzene rings is 1. The Kier molecular flexibility index (Phi) is 5.60. The van der Waals surface area contributed by atoms with E-state index in [9.17, 15) is 0 Å². The molecule has 27 heavy (non-hydrogen) atoms. The number of nitrogen functional groups attached to an aromatic ring is 1. The van der Waals surface area contributed by atoms with Gasteiger partial charge in [0.2, 0.25) is 0 Å². The van der Waals surface area contributed by atoms with Crippen LogP contribution in [0, 0.1) is 27.7 Å². The fourth-order valence-corrected chi connectivity index (χ4v) is 4.24. The second kappa shape index (κ2) is 7.76. The van der Waals surface area contributed by atoms with Crippen molar-refractivity contribution in [2.75, 3.05) is 23.7 Å². The Morgan fingerprint density at radius 1 is 0.852 bits per heavy atom. The van der Waals surface area contributed by atoms with E-state index in [2.05, 4.69) is 34.4 Å². The van der Waals surface area contributed by atoms with Gasteiger partial charge in [-0.25, -0.2) is 9.97 Å². The van der Waals surface area contributed by atoms with Gasteiger partial charge in [-0.1, -0.05) is 13.8 Å². The predicted octanol–water partition coefficient (Wildman–Crippen LogP) is 4.59. The van der Waals surface area contributed by atoms with Crippen molar-refractivity contribution in [3.8, 4) is 11.3 Å². The van der Waals surface area contributed by atoms with Crippen LogP contribution in [0.4, 0.5) is 11.5 Å². The van der Waals surface area contributed by atoms with Gasteiger partial charge in [0.05, 0.1) is 17.4 Å². The molecule has 3 rings (SSSR count). The lowest BCUT2D eigenvalue weighted by molar-refractivity contribution is 0.727. The van der Waals surface area contributed by atoms with Crippen molar-refractivity contribution in [2.24, 2.45) is 0 Å². The molecule has 0 fully saturated rings. The lowest BCUT2D eigenvalue weighted by Crippen LogP contribution is -2.27. The fraction of sp³-hybridized carbons (Fsp3) is 0.500. The molecule has 0 unspecified atom stereocenters. The number of nitrogens with zero attached hydrogens (tertiary/aromatic N) is 5. The largest absolute Gasteiger partial charge is 0.398 e. The standard InChI is InChI=1S/C20H28N6S/c1-7-9-26(10-8-2)20-13(5)17(22-14(6)23-20)15-11(3)16(21)12(4)18-19(15)25-27-24-18/h7-10,21H2,1-6H3. The number of nitrogens with two attached hydrogens (primary N) is 1. The summed E-state index contributed by atoms with van der Waals surface area (Å²) in [4.78, 5) is 12.0. The molecule has 2 N–H and O–H groups in total. The second-order valence-electron chi connectivity index (χ2n) is 7.06. The number of hydrogen-bond acceptors (Lipinski definition) is 7. The smallest absolute Gasteiger partial charge is 0.135 e. The molecular weight excluding hydrogens is 356 g/mol. The maximum absolute atomic E-state index is 6.41. The number of aromatic nitrogens is 4. The minimum atomic E-state index is 0.762. The minimum absolute atomic E-state index is 0.762. The van der Waals surface area contributed by atoms with Gasteiger partial charge in [-0.3, -0.25) is 0 Å². The molecule has 144 valence electrons. The Bertz CT molecular complexity index is 972. The summed E-state index contributed by atoms with van der Waals surface area (Å²) in [5.74, 6) is 1.77. The molecule has 2 heterocycles. The van der Waals surface area contributed by atoms with Crippen LogP contribution in [0.15, 0.2) is 0 Å². The van der Waals surface area contributed by atoms with Crippen molar-refractivity contribution < 1.29 is 0 Å². The summed E-state index contributed by atoms with van der Waals surface area (Å²) in [7, 11) is 0. The second-order valence-corrected chi connectivity index (χ2v) is 7.58. The molecular formula is C20H28N6S. The highest BCUT2D eigenvalue weighted by Gasteiger charge is 2.23. The third-order valence-electron chi connectivity index (χ3n) is 5.02. The van der Waals surface area contributed by atoms with E-state index in [1.165, 1.54) is 11.7 Å². The first-order valence-corrected chi connectivity index (χ1v) is 10.2. The molecule has 0 aliphatic carbocycles. The minimum Gasteiger partial charge on any atom is -0.398 e. The Labute approximate surface area is 165 Å². The van der Waals surface area contributed by atoms with E-state index in [-0.39, 0.29) is 0 Å². The lowest BCUT2D eigenvalue weighted by Gasteiger charge is -2.26. The molecule has 7 heteroatoms. The number of fused-ring (bicyclic) bond motifs is 1. The molecule has 0 spiro atoms. The molecule has 0 atom stereocenters. The highest BCUT2D eigenvalue weighted by Crippen LogP contribution is 2.39. The molecule has 0 saturated carbocycles. The number of anilines is 2. The molecule has 2 aromatic heterocycles. The quantitative estimate of drug-likeness (QED) is 0.626. The van der Waals surface area contributed by atoms with Crippen LogP contribution in [0.3, 0.4) is 0 Å². The summed E-state index contributed by atoms with van der Waals surface area (Å²) in [6.45, 7) is 14.5. The zero-order chi connectivity index (χ0) is 19.7. The average Bonchev–Trinajstić information content (AvgIpc) is 3.12. The van der Waals surface area contributed by atoms with Gasteiger partial charge in [-0.15, -0.1) is 0 Å². The van der Waals surface area contributed by atoms with Crippen molar-refractivity contribution >= 4 is 34.3 Å². The van der Waals surface area contributed by atoms with Crippen molar-refractivity contribution in [1.82, 2.24) is 18.7 Å². The van der Waals surface area contributed by atoms with Gasteiger partial charge in [-0.05, 0) is 46.1 Å². The molecule has 0 amide bonds. The third kappa shape index (κ3) is 3.36. The summed E-state index contributed by atoms with van der Waals surface area (Å²) in [6.07, 6.45) is 2.16. The number of aryl methyl sites for hydroxylation is 2. The first-order valence-electron chi connectivity index (χ1n) is 9.52. The molecule has 3 aromatic rings. The van der Waals surface area contributed by atoms with Gasteiger partial charge in [0.1, 0.15) is 22.7 Å². The summed E-state index contributed by atoms with van der Waals surface area (Å²) in [5, 5.41) is 0. The number of rotatable bonds is 6. The van der Waals surface area contributed by atoms with Crippen molar-refractivity contribution in [3.05, 3.63) is 22.5 Å². The Morgan fingerprint density at radius 3 is 2.11 bits per heavy atom. The summed E-state index contributed by atoms with van der Waals surface area (Å²) in [6, 6.07) is 0. The van der Waals surface area contributed by atoms with Crippen LogP contribution in [0.1, 0.15) is 49.2 Å². The zero-order valence-corrected chi connectivity index (χ0v) is 17.9. The first-order chi connectivity index (χ1) is 12.9. The van der Waals surface area contributed by atoms with Gasteiger partial charge >= 0.3 is 0 Å². The van der Waals surface area contributed by atoms with E-state index >= 15 is 0 Å². The lowest BCUT2D eigenvalue weighted by atomic mass is 9.95. The Morgan fingerprint density at radius 2 is 1.48 bits per heavy atom. The molecule has 0 saturated heterocycles. The van der Waals surface area contributed by atoms with Gasteiger partial charge < -0.3 is 10.6 Å². The summed E-state index contributed by atoms with van der Waals surface area (Å²) < 4.78 is 9.05. The first kappa shape index (κ1) is 19.5. The monoisotopic (exact) mass is 384 g/mol. The molecule has 6 nitrogen and oxygen atoms in total. The molecule has 0 aliphatic heterocycles. The van der Waals surface area contributed by atoms with Crippen LogP contribution >= 0.6 is 11.7 Å². The van der Waals surface area contributed by atoms with Crippen LogP contribution in [-0.2, 0) is 0 Å². The SMILES string of the molecule is CCCN(CCC)c1nc(C)nc(-c2c(C)c(N)c(C)c3nsnc23)c1C. The van der Waals surface area contributed by atoms with Crippen LogP contribution < -0.4 is 10.6 Å². The van der Waals surface area contributed by atoms with Crippen LogP contribution in [0.25, 0.3) is 22.3 Å². The number of hydrogen-bond donors (Lipinski definition) is 1. The zero-order valence-electron chi connectivity index (χ0n) is 17.1. The van der Waals surface area contributed by atoms with Crippen molar-refractivity contribution in [2.45, 2.75) is 54.4 Å². The Hall–Kier alpha value is -2.28. The predicted molar refractivity (Wildman–Crippen MR) is 115 cm³/mol. The van der Waals surface area contributed by atoms with Gasteiger partial charge in [0.25, 0.3) is 0 Å². The van der Waals surface area contributed by atoms with Crippen LogP contribution in [0.2, 0.25) is 0 Å². The van der Waals surface area contributed by atoms with Crippen molar-refractivity contribution in [3.63, 3.8) is 0 Å². The van der Waals surface area contributed by atoms with Crippen molar-refractivity contribution in [1.29, 1.82) is 0 Å². The summed E-state index contributed by atoms with van der Waals surface area (Å²) in [5.41, 5.74) is 13.9. The van der Waals surface area contributed by atoms with Gasteiger partial charge in [0.15, 0.2) is 0 Å². The van der Waals surface area contributed by atoms with E-state index < -0.39 is 0 Å². The van der Waals surface area contributed by atoms with E-state index in [0.717, 1.165) is 82.2 Å².